The molecule has 4 N–H and O–H groups in total. The molecule has 5 nitrogen and oxygen atoms in total. The number of carboxylic acids is 1. The zero-order valence-corrected chi connectivity index (χ0v) is 12.4. The first-order chi connectivity index (χ1) is 9.90. The van der Waals surface area contributed by atoms with Crippen LogP contribution in [0.15, 0.2) is 42.5 Å². The van der Waals surface area contributed by atoms with Crippen molar-refractivity contribution in [3.63, 3.8) is 0 Å². The van der Waals surface area contributed by atoms with Gasteiger partial charge >= 0.3 is 5.97 Å². The highest BCUT2D eigenvalue weighted by Crippen LogP contribution is 2.49. The summed E-state index contributed by atoms with van der Waals surface area (Å²) in [5, 5.41) is 10.5. The fourth-order valence-corrected chi connectivity index (χ4v) is 3.80. The lowest BCUT2D eigenvalue weighted by atomic mass is 10.1. The molecule has 112 valence electrons. The normalized spacial score (nSPS) is 15.5. The maximum absolute atomic E-state index is 12.4. The van der Waals surface area contributed by atoms with Crippen LogP contribution in [0.25, 0.3) is 10.8 Å². The quantitative estimate of drug-likeness (QED) is 0.712. The predicted molar refractivity (Wildman–Crippen MR) is 82.3 cm³/mol. The highest BCUT2D eigenvalue weighted by Gasteiger charge is 2.28. The Morgan fingerprint density at radius 3 is 2.57 bits per heavy atom. The Morgan fingerprint density at radius 2 is 1.86 bits per heavy atom. The average molecular weight is 307 g/mol. The molecule has 2 atom stereocenters. The molecule has 0 aliphatic rings. The summed E-state index contributed by atoms with van der Waals surface area (Å²) in [6.45, 7) is 0. The van der Waals surface area contributed by atoms with E-state index in [4.69, 9.17) is 10.8 Å². The van der Waals surface area contributed by atoms with E-state index in [-0.39, 0.29) is 19.0 Å². The van der Waals surface area contributed by atoms with Gasteiger partial charge in [-0.1, -0.05) is 42.5 Å². The van der Waals surface area contributed by atoms with Crippen molar-refractivity contribution in [1.29, 1.82) is 0 Å². The molecule has 2 rings (SSSR count). The molecule has 6 heteroatoms. The van der Waals surface area contributed by atoms with E-state index in [1.165, 1.54) is 0 Å². The number of nitrogens with two attached hydrogens (primary N) is 1. The molecule has 0 aromatic heterocycles. The van der Waals surface area contributed by atoms with E-state index in [0.29, 0.717) is 0 Å². The third-order valence-corrected chi connectivity index (χ3v) is 5.54. The fraction of sp³-hybridized carbons (Fsp3) is 0.267. The van der Waals surface area contributed by atoms with Gasteiger partial charge in [0.25, 0.3) is 0 Å². The monoisotopic (exact) mass is 307 g/mol. The van der Waals surface area contributed by atoms with E-state index in [1.54, 1.807) is 6.07 Å². The number of benzene rings is 2. The Hall–Kier alpha value is -1.68. The molecule has 2 aromatic carbocycles. The van der Waals surface area contributed by atoms with Crippen molar-refractivity contribution in [3.05, 3.63) is 48.0 Å². The number of fused-ring (bicyclic) bond motifs is 1. The summed E-state index contributed by atoms with van der Waals surface area (Å²) in [7, 11) is -3.65. The van der Waals surface area contributed by atoms with Crippen LogP contribution in [-0.4, -0.2) is 21.8 Å². The molecular formula is C15H18NO4P. The third-order valence-electron chi connectivity index (χ3n) is 3.45. The van der Waals surface area contributed by atoms with Crippen LogP contribution in [0.2, 0.25) is 0 Å². The molecule has 0 radical (unpaired) electrons. The average Bonchev–Trinajstić information content (AvgIpc) is 2.44. The Bertz CT molecular complexity index is 696. The highest BCUT2D eigenvalue weighted by atomic mass is 31.2. The van der Waals surface area contributed by atoms with Gasteiger partial charge in [0, 0.05) is 6.42 Å². The second-order valence-corrected chi connectivity index (χ2v) is 7.54. The second-order valence-electron chi connectivity index (χ2n) is 5.05. The van der Waals surface area contributed by atoms with Crippen LogP contribution in [-0.2, 0) is 15.5 Å². The smallest absolute Gasteiger partial charge is 0.303 e. The molecule has 0 saturated heterocycles. The van der Waals surface area contributed by atoms with E-state index in [1.807, 2.05) is 36.4 Å². The SMILES string of the molecule is NC(CCC(=O)O)P(=O)(O)Cc1cccc2ccccc12. The van der Waals surface area contributed by atoms with Gasteiger partial charge in [0.05, 0.1) is 11.9 Å². The van der Waals surface area contributed by atoms with Crippen molar-refractivity contribution >= 4 is 24.1 Å². The van der Waals surface area contributed by atoms with Crippen molar-refractivity contribution in [2.45, 2.75) is 24.8 Å². The lowest BCUT2D eigenvalue weighted by molar-refractivity contribution is -0.137. The topological polar surface area (TPSA) is 101 Å². The van der Waals surface area contributed by atoms with Crippen LogP contribution in [0.1, 0.15) is 18.4 Å². The summed E-state index contributed by atoms with van der Waals surface area (Å²) in [6.07, 6.45) is -0.260. The summed E-state index contributed by atoms with van der Waals surface area (Å²) in [5.41, 5.74) is 6.47. The standard InChI is InChI=1S/C15H18NO4P/c16-14(8-9-15(17)18)21(19,20)10-12-6-3-5-11-4-1-2-7-13(11)12/h1-7,14H,8-10,16H2,(H,17,18)(H,19,20). The van der Waals surface area contributed by atoms with E-state index < -0.39 is 19.1 Å². The van der Waals surface area contributed by atoms with Crippen molar-refractivity contribution < 1.29 is 19.4 Å². The molecule has 0 saturated carbocycles. The Labute approximate surface area is 122 Å². The molecule has 0 spiro atoms. The van der Waals surface area contributed by atoms with Crippen LogP contribution < -0.4 is 5.73 Å². The number of hydrogen-bond acceptors (Lipinski definition) is 3. The van der Waals surface area contributed by atoms with Gasteiger partial charge in [0.15, 0.2) is 0 Å². The molecule has 2 unspecified atom stereocenters. The van der Waals surface area contributed by atoms with Gasteiger partial charge in [0.1, 0.15) is 0 Å². The summed E-state index contributed by atoms with van der Waals surface area (Å²) in [4.78, 5) is 20.7. The van der Waals surface area contributed by atoms with E-state index in [0.717, 1.165) is 16.3 Å². The summed E-state index contributed by atoms with van der Waals surface area (Å²) in [6, 6.07) is 13.2. The van der Waals surface area contributed by atoms with Crippen molar-refractivity contribution in [3.8, 4) is 0 Å². The Kier molecular flexibility index (Phi) is 4.78. The molecule has 0 heterocycles. The second kappa shape index (κ2) is 6.39. The van der Waals surface area contributed by atoms with Crippen LogP contribution in [0.3, 0.4) is 0 Å². The Balaban J connectivity index is 2.22. The largest absolute Gasteiger partial charge is 0.481 e. The van der Waals surface area contributed by atoms with Gasteiger partial charge in [-0.2, -0.15) is 0 Å². The molecule has 21 heavy (non-hydrogen) atoms. The van der Waals surface area contributed by atoms with Crippen LogP contribution >= 0.6 is 7.37 Å². The first-order valence-corrected chi connectivity index (χ1v) is 8.57. The predicted octanol–water partition coefficient (Wildman–Crippen LogP) is 2.76. The van der Waals surface area contributed by atoms with Crippen LogP contribution in [0.4, 0.5) is 0 Å². The molecule has 2 aromatic rings. The molecule has 0 aliphatic heterocycles. The van der Waals surface area contributed by atoms with Crippen molar-refractivity contribution in [2.75, 3.05) is 0 Å². The molecule has 0 aliphatic carbocycles. The lowest BCUT2D eigenvalue weighted by Gasteiger charge is -2.19. The molecular weight excluding hydrogens is 289 g/mol. The minimum atomic E-state index is -3.65. The van der Waals surface area contributed by atoms with Gasteiger partial charge in [-0.3, -0.25) is 9.36 Å². The van der Waals surface area contributed by atoms with Gasteiger partial charge in [0.2, 0.25) is 7.37 Å². The van der Waals surface area contributed by atoms with Crippen LogP contribution in [0, 0.1) is 0 Å². The minimum absolute atomic E-state index is 0.00607. The maximum atomic E-state index is 12.4. The zero-order valence-electron chi connectivity index (χ0n) is 11.5. The number of carbonyl (C=O) groups is 1. The first kappa shape index (κ1) is 15.7. The lowest BCUT2D eigenvalue weighted by Crippen LogP contribution is -2.22. The maximum Gasteiger partial charge on any atom is 0.303 e. The zero-order chi connectivity index (χ0) is 15.5. The number of carboxylic acid groups (broad SMARTS) is 1. The van der Waals surface area contributed by atoms with E-state index in [2.05, 4.69) is 0 Å². The molecule has 0 amide bonds. The summed E-state index contributed by atoms with van der Waals surface area (Å²) < 4.78 is 12.4. The fourth-order valence-electron chi connectivity index (χ4n) is 2.26. The minimum Gasteiger partial charge on any atom is -0.481 e. The van der Waals surface area contributed by atoms with E-state index in [9.17, 15) is 14.3 Å². The molecule has 0 fully saturated rings. The third kappa shape index (κ3) is 3.91. The number of hydrogen-bond donors (Lipinski definition) is 3. The van der Waals surface area contributed by atoms with Gasteiger partial charge < -0.3 is 15.7 Å². The summed E-state index contributed by atoms with van der Waals surface area (Å²) in [5.74, 6) is -2.04. The highest BCUT2D eigenvalue weighted by molar-refractivity contribution is 7.57. The molecule has 0 bridgehead atoms. The summed E-state index contributed by atoms with van der Waals surface area (Å²) >= 11 is 0. The van der Waals surface area contributed by atoms with Crippen molar-refractivity contribution in [2.24, 2.45) is 5.73 Å². The van der Waals surface area contributed by atoms with Gasteiger partial charge in [-0.15, -0.1) is 0 Å². The van der Waals surface area contributed by atoms with E-state index >= 15 is 0 Å². The first-order valence-electron chi connectivity index (χ1n) is 6.65. The van der Waals surface area contributed by atoms with Crippen LogP contribution in [0.5, 0.6) is 0 Å². The number of rotatable bonds is 6. The Morgan fingerprint density at radius 1 is 1.19 bits per heavy atom. The van der Waals surface area contributed by atoms with Gasteiger partial charge in [-0.05, 0) is 22.8 Å². The van der Waals surface area contributed by atoms with Gasteiger partial charge in [-0.25, -0.2) is 0 Å². The van der Waals surface area contributed by atoms with Crippen molar-refractivity contribution in [1.82, 2.24) is 0 Å². The number of aliphatic carboxylic acids is 1.